The normalized spacial score (nSPS) is 16.3. The van der Waals surface area contributed by atoms with Crippen LogP contribution in [0.25, 0.3) is 0 Å². The van der Waals surface area contributed by atoms with Crippen molar-refractivity contribution in [3.63, 3.8) is 0 Å². The summed E-state index contributed by atoms with van der Waals surface area (Å²) in [6.07, 6.45) is 1.81. The minimum atomic E-state index is -0.184. The Balaban J connectivity index is 1.69. The summed E-state index contributed by atoms with van der Waals surface area (Å²) in [6, 6.07) is 11.0. The van der Waals surface area contributed by atoms with Crippen molar-refractivity contribution in [2.45, 2.75) is 25.4 Å². The van der Waals surface area contributed by atoms with E-state index in [0.29, 0.717) is 35.2 Å². The molecule has 1 aliphatic rings. The molecule has 1 fully saturated rings. The van der Waals surface area contributed by atoms with Gasteiger partial charge < -0.3 is 24.3 Å². The fourth-order valence-electron chi connectivity index (χ4n) is 3.67. The second-order valence-electron chi connectivity index (χ2n) is 6.88. The van der Waals surface area contributed by atoms with Gasteiger partial charge in [-0.1, -0.05) is 6.07 Å². The lowest BCUT2D eigenvalue weighted by molar-refractivity contribution is -0.120. The first-order chi connectivity index (χ1) is 14.1. The van der Waals surface area contributed by atoms with Gasteiger partial charge in [-0.05, 0) is 49.2 Å². The lowest BCUT2D eigenvalue weighted by Crippen LogP contribution is -2.39. The number of likely N-dealkylation sites (tertiary alicyclic amines) is 1. The standard InChI is InChI=1S/C22H28N2O5/c1-26-18-9-7-15(12-20(18)28-3)14-24-11-5-6-17(24)22(25)23-16-8-10-19(27-2)21(13-16)29-4/h7-10,12-13,17H,5-6,11,14H2,1-4H3,(H,23,25)/t17-/m1/s1. The molecule has 7 heteroatoms. The first-order valence-corrected chi connectivity index (χ1v) is 9.57. The van der Waals surface area contributed by atoms with Crippen LogP contribution in [0.4, 0.5) is 5.69 Å². The van der Waals surface area contributed by atoms with Crippen LogP contribution in [0.2, 0.25) is 0 Å². The summed E-state index contributed by atoms with van der Waals surface area (Å²) < 4.78 is 21.3. The van der Waals surface area contributed by atoms with Crippen molar-refractivity contribution in [1.29, 1.82) is 0 Å². The number of hydrogen-bond donors (Lipinski definition) is 1. The highest BCUT2D eigenvalue weighted by atomic mass is 16.5. The topological polar surface area (TPSA) is 69.3 Å². The maximum absolute atomic E-state index is 12.9. The van der Waals surface area contributed by atoms with Crippen LogP contribution in [0.5, 0.6) is 23.0 Å². The van der Waals surface area contributed by atoms with Crippen molar-refractivity contribution in [3.8, 4) is 23.0 Å². The second-order valence-corrected chi connectivity index (χ2v) is 6.88. The van der Waals surface area contributed by atoms with Gasteiger partial charge in [0.05, 0.1) is 34.5 Å². The first kappa shape index (κ1) is 20.8. The SMILES string of the molecule is COc1ccc(CN2CCC[C@@H]2C(=O)Nc2ccc(OC)c(OC)c2)cc1OC. The van der Waals surface area contributed by atoms with E-state index in [1.807, 2.05) is 24.3 Å². The molecule has 7 nitrogen and oxygen atoms in total. The number of anilines is 1. The molecule has 1 amide bonds. The van der Waals surface area contributed by atoms with Gasteiger partial charge in [0, 0.05) is 18.3 Å². The van der Waals surface area contributed by atoms with Crippen molar-refractivity contribution in [2.24, 2.45) is 0 Å². The van der Waals surface area contributed by atoms with Crippen LogP contribution in [-0.2, 0) is 11.3 Å². The maximum Gasteiger partial charge on any atom is 0.241 e. The Bertz CT molecular complexity index is 855. The van der Waals surface area contributed by atoms with E-state index in [2.05, 4.69) is 10.2 Å². The average Bonchev–Trinajstić information content (AvgIpc) is 3.21. The maximum atomic E-state index is 12.9. The van der Waals surface area contributed by atoms with Crippen molar-refractivity contribution in [2.75, 3.05) is 40.3 Å². The molecule has 1 aliphatic heterocycles. The van der Waals surface area contributed by atoms with Gasteiger partial charge in [-0.25, -0.2) is 0 Å². The van der Waals surface area contributed by atoms with Crippen molar-refractivity contribution < 1.29 is 23.7 Å². The van der Waals surface area contributed by atoms with Crippen LogP contribution < -0.4 is 24.3 Å². The van der Waals surface area contributed by atoms with Gasteiger partial charge in [-0.3, -0.25) is 9.69 Å². The first-order valence-electron chi connectivity index (χ1n) is 9.57. The lowest BCUT2D eigenvalue weighted by Gasteiger charge is -2.24. The number of nitrogens with zero attached hydrogens (tertiary/aromatic N) is 1. The number of hydrogen-bond acceptors (Lipinski definition) is 6. The molecule has 1 atom stereocenters. The van der Waals surface area contributed by atoms with Crippen LogP contribution in [0.3, 0.4) is 0 Å². The zero-order valence-electron chi connectivity index (χ0n) is 17.4. The van der Waals surface area contributed by atoms with Gasteiger partial charge in [0.15, 0.2) is 23.0 Å². The molecule has 2 aromatic carbocycles. The van der Waals surface area contributed by atoms with E-state index < -0.39 is 0 Å². The smallest absolute Gasteiger partial charge is 0.241 e. The number of carbonyl (C=O) groups is 1. The van der Waals surface area contributed by atoms with Crippen molar-refractivity contribution >= 4 is 11.6 Å². The highest BCUT2D eigenvalue weighted by Gasteiger charge is 2.31. The third-order valence-corrected chi connectivity index (χ3v) is 5.15. The number of amides is 1. The van der Waals surface area contributed by atoms with Crippen LogP contribution in [-0.4, -0.2) is 51.8 Å². The molecule has 0 bridgehead atoms. The quantitative estimate of drug-likeness (QED) is 0.733. The number of carbonyl (C=O) groups excluding carboxylic acids is 1. The highest BCUT2D eigenvalue weighted by molar-refractivity contribution is 5.95. The Labute approximate surface area is 171 Å². The zero-order valence-corrected chi connectivity index (χ0v) is 17.4. The van der Waals surface area contributed by atoms with E-state index in [-0.39, 0.29) is 11.9 Å². The monoisotopic (exact) mass is 400 g/mol. The summed E-state index contributed by atoms with van der Waals surface area (Å²) in [5, 5.41) is 3.01. The Kier molecular flexibility index (Phi) is 6.82. The van der Waals surface area contributed by atoms with Gasteiger partial charge >= 0.3 is 0 Å². The molecule has 2 aromatic rings. The van der Waals surface area contributed by atoms with Gasteiger partial charge in [0.2, 0.25) is 5.91 Å². The predicted molar refractivity (Wildman–Crippen MR) is 111 cm³/mol. The fraction of sp³-hybridized carbons (Fsp3) is 0.409. The summed E-state index contributed by atoms with van der Waals surface area (Å²) >= 11 is 0. The largest absolute Gasteiger partial charge is 0.493 e. The summed E-state index contributed by atoms with van der Waals surface area (Å²) in [7, 11) is 6.40. The third kappa shape index (κ3) is 4.74. The summed E-state index contributed by atoms with van der Waals surface area (Å²) in [5.41, 5.74) is 1.76. The Morgan fingerprint density at radius 1 is 0.931 bits per heavy atom. The third-order valence-electron chi connectivity index (χ3n) is 5.15. The molecule has 0 spiro atoms. The van der Waals surface area contributed by atoms with Gasteiger partial charge in [-0.15, -0.1) is 0 Å². The summed E-state index contributed by atoms with van der Waals surface area (Å²) in [5.74, 6) is 2.58. The summed E-state index contributed by atoms with van der Waals surface area (Å²) in [4.78, 5) is 15.1. The fourth-order valence-corrected chi connectivity index (χ4v) is 3.67. The zero-order chi connectivity index (χ0) is 20.8. The van der Waals surface area contributed by atoms with Crippen molar-refractivity contribution in [1.82, 2.24) is 4.90 Å². The van der Waals surface area contributed by atoms with Gasteiger partial charge in [-0.2, -0.15) is 0 Å². The molecular weight excluding hydrogens is 372 g/mol. The summed E-state index contributed by atoms with van der Waals surface area (Å²) in [6.45, 7) is 1.54. The Hall–Kier alpha value is -2.93. The molecule has 0 unspecified atom stereocenters. The van der Waals surface area contributed by atoms with Crippen LogP contribution in [0, 0.1) is 0 Å². The van der Waals surface area contributed by atoms with Gasteiger partial charge in [0.1, 0.15) is 0 Å². The number of rotatable bonds is 8. The number of ether oxygens (including phenoxy) is 4. The van der Waals surface area contributed by atoms with Crippen LogP contribution in [0.1, 0.15) is 18.4 Å². The van der Waals surface area contributed by atoms with Crippen LogP contribution in [0.15, 0.2) is 36.4 Å². The molecule has 29 heavy (non-hydrogen) atoms. The molecule has 1 saturated heterocycles. The molecule has 3 rings (SSSR count). The lowest BCUT2D eigenvalue weighted by atomic mass is 10.1. The average molecular weight is 400 g/mol. The molecule has 0 radical (unpaired) electrons. The van der Waals surface area contributed by atoms with E-state index in [1.165, 1.54) is 0 Å². The van der Waals surface area contributed by atoms with E-state index in [0.717, 1.165) is 24.9 Å². The molecule has 156 valence electrons. The minimum absolute atomic E-state index is 0.0183. The number of methoxy groups -OCH3 is 4. The van der Waals surface area contributed by atoms with E-state index in [1.54, 1.807) is 40.6 Å². The van der Waals surface area contributed by atoms with E-state index in [9.17, 15) is 4.79 Å². The predicted octanol–water partition coefficient (Wildman–Crippen LogP) is 3.32. The highest BCUT2D eigenvalue weighted by Crippen LogP contribution is 2.31. The molecule has 0 saturated carbocycles. The molecule has 0 aliphatic carbocycles. The molecule has 1 heterocycles. The molecule has 0 aromatic heterocycles. The van der Waals surface area contributed by atoms with Crippen molar-refractivity contribution in [3.05, 3.63) is 42.0 Å². The van der Waals surface area contributed by atoms with Gasteiger partial charge in [0.25, 0.3) is 0 Å². The second kappa shape index (κ2) is 9.52. The minimum Gasteiger partial charge on any atom is -0.493 e. The van der Waals surface area contributed by atoms with E-state index in [4.69, 9.17) is 18.9 Å². The number of benzene rings is 2. The van der Waals surface area contributed by atoms with E-state index >= 15 is 0 Å². The molecule has 1 N–H and O–H groups in total. The Morgan fingerprint density at radius 2 is 1.55 bits per heavy atom. The number of nitrogens with one attached hydrogen (secondary N) is 1. The molecular formula is C22H28N2O5. The van der Waals surface area contributed by atoms with Crippen LogP contribution >= 0.6 is 0 Å². The Morgan fingerprint density at radius 3 is 2.21 bits per heavy atom.